The maximum Gasteiger partial charge on any atom is 0.426 e. The molecule has 2 aromatic rings. The molecule has 0 aliphatic rings. The highest BCUT2D eigenvalue weighted by Crippen LogP contribution is 2.38. The second-order valence-corrected chi connectivity index (χ2v) is 4.96. The number of hydrogen-bond acceptors (Lipinski definition) is 6. The van der Waals surface area contributed by atoms with Gasteiger partial charge in [-0.25, -0.2) is 4.79 Å². The first-order valence-corrected chi connectivity index (χ1v) is 6.46. The zero-order valence-electron chi connectivity index (χ0n) is 11.2. The second kappa shape index (κ2) is 5.87. The van der Waals surface area contributed by atoms with Crippen LogP contribution in [-0.4, -0.2) is 30.2 Å². The van der Waals surface area contributed by atoms with E-state index in [1.807, 2.05) is 0 Å². The zero-order chi connectivity index (χ0) is 16.5. The van der Waals surface area contributed by atoms with Gasteiger partial charge in [-0.3, -0.25) is 0 Å². The van der Waals surface area contributed by atoms with Crippen LogP contribution in [0.25, 0.3) is 10.7 Å². The minimum absolute atomic E-state index is 0.181. The third kappa shape index (κ3) is 3.01. The average Bonchev–Trinajstić information content (AvgIpc) is 2.93. The molecule has 2 rings (SSSR count). The maximum atomic E-state index is 13.7. The fourth-order valence-electron chi connectivity index (χ4n) is 1.58. The average molecular weight is 336 g/mol. The van der Waals surface area contributed by atoms with Crippen molar-refractivity contribution in [1.82, 2.24) is 9.97 Å². The summed E-state index contributed by atoms with van der Waals surface area (Å²) in [6.07, 6.45) is -4.99. The Bertz CT molecular complexity index is 715. The molecule has 0 fully saturated rings. The van der Waals surface area contributed by atoms with Crippen LogP contribution in [0.15, 0.2) is 12.1 Å². The molecule has 0 atom stereocenters. The van der Waals surface area contributed by atoms with E-state index in [1.54, 1.807) is 0 Å². The monoisotopic (exact) mass is 336 g/mol. The van der Waals surface area contributed by atoms with Gasteiger partial charge in [0.25, 0.3) is 0 Å². The number of hydrogen-bond donors (Lipinski definition) is 0. The first kappa shape index (κ1) is 16.1. The Morgan fingerprint density at radius 1 is 1.23 bits per heavy atom. The van der Waals surface area contributed by atoms with Crippen molar-refractivity contribution in [3.8, 4) is 16.6 Å². The molecule has 0 saturated carbocycles. The summed E-state index contributed by atoms with van der Waals surface area (Å²) < 4.78 is 60.8. The number of carbonyl (C=O) groups excluding carboxylic acids is 1. The minimum atomic E-state index is -4.99. The lowest BCUT2D eigenvalue weighted by molar-refractivity contribution is -0.142. The van der Waals surface area contributed by atoms with Gasteiger partial charge in [0.05, 0.1) is 19.1 Å². The van der Waals surface area contributed by atoms with Gasteiger partial charge in [-0.2, -0.15) is 27.5 Å². The third-order valence-electron chi connectivity index (χ3n) is 2.52. The van der Waals surface area contributed by atoms with Gasteiger partial charge < -0.3 is 9.47 Å². The van der Waals surface area contributed by atoms with Gasteiger partial charge in [-0.1, -0.05) is 0 Å². The highest BCUT2D eigenvalue weighted by molar-refractivity contribution is 7.17. The van der Waals surface area contributed by atoms with Gasteiger partial charge in [-0.15, -0.1) is 11.3 Å². The number of halogens is 4. The number of nitrogens with zero attached hydrogens (tertiary/aromatic N) is 2. The Morgan fingerprint density at radius 2 is 1.91 bits per heavy atom. The van der Waals surface area contributed by atoms with E-state index in [2.05, 4.69) is 19.4 Å². The Labute approximate surface area is 125 Å². The van der Waals surface area contributed by atoms with Gasteiger partial charge in [0, 0.05) is 0 Å². The van der Waals surface area contributed by atoms with E-state index in [0.29, 0.717) is 0 Å². The number of thiophene rings is 1. The number of rotatable bonds is 3. The van der Waals surface area contributed by atoms with Gasteiger partial charge in [0.2, 0.25) is 11.8 Å². The predicted octanol–water partition coefficient (Wildman–Crippen LogP) is 3.16. The van der Waals surface area contributed by atoms with Crippen molar-refractivity contribution in [2.75, 3.05) is 14.2 Å². The normalized spacial score (nSPS) is 11.4. The number of aromatic nitrogens is 2. The number of ether oxygens (including phenoxy) is 2. The van der Waals surface area contributed by atoms with Crippen molar-refractivity contribution in [2.24, 2.45) is 0 Å². The molecule has 118 valence electrons. The van der Waals surface area contributed by atoms with Gasteiger partial charge in [-0.05, 0) is 12.1 Å². The predicted molar refractivity (Wildman–Crippen MR) is 68.2 cm³/mol. The summed E-state index contributed by atoms with van der Waals surface area (Å²) in [4.78, 5) is 18.5. The van der Waals surface area contributed by atoms with Crippen molar-refractivity contribution in [2.45, 2.75) is 6.18 Å². The highest BCUT2D eigenvalue weighted by Gasteiger charge is 2.40. The molecular formula is C12H8F4N2O3S. The lowest BCUT2D eigenvalue weighted by atomic mass is 10.3. The summed E-state index contributed by atoms with van der Waals surface area (Å²) in [5.41, 5.74) is -1.68. The van der Waals surface area contributed by atoms with Crippen LogP contribution in [0.2, 0.25) is 0 Å². The molecule has 0 unspecified atom stereocenters. The minimum Gasteiger partial charge on any atom is -0.480 e. The summed E-state index contributed by atoms with van der Waals surface area (Å²) in [6.45, 7) is 0. The molecule has 22 heavy (non-hydrogen) atoms. The molecule has 2 heterocycles. The molecule has 0 spiro atoms. The Kier molecular flexibility index (Phi) is 4.31. The molecule has 0 bridgehead atoms. The van der Waals surface area contributed by atoms with E-state index < -0.39 is 29.5 Å². The molecule has 0 radical (unpaired) electrons. The van der Waals surface area contributed by atoms with Gasteiger partial charge in [0.1, 0.15) is 4.88 Å². The van der Waals surface area contributed by atoms with E-state index in [0.717, 1.165) is 18.4 Å². The van der Waals surface area contributed by atoms with E-state index >= 15 is 0 Å². The van der Waals surface area contributed by atoms with Crippen LogP contribution in [0.4, 0.5) is 17.6 Å². The molecule has 2 aromatic heterocycles. The van der Waals surface area contributed by atoms with Crippen molar-refractivity contribution in [3.05, 3.63) is 28.5 Å². The molecule has 0 saturated heterocycles. The largest absolute Gasteiger partial charge is 0.480 e. The quantitative estimate of drug-likeness (QED) is 0.489. The topological polar surface area (TPSA) is 61.3 Å². The summed E-state index contributed by atoms with van der Waals surface area (Å²) in [5, 5.41) is 0. The van der Waals surface area contributed by atoms with Crippen molar-refractivity contribution < 1.29 is 31.8 Å². The number of alkyl halides is 3. The lowest BCUT2D eigenvalue weighted by Gasteiger charge is -2.11. The van der Waals surface area contributed by atoms with Crippen LogP contribution in [0, 0.1) is 5.95 Å². The van der Waals surface area contributed by atoms with Crippen molar-refractivity contribution >= 4 is 17.3 Å². The SMILES string of the molecule is COC(=O)c1ccc(-c2nc(F)c(C(F)(F)F)c(OC)n2)s1. The van der Waals surface area contributed by atoms with E-state index in [9.17, 15) is 22.4 Å². The van der Waals surface area contributed by atoms with Crippen LogP contribution >= 0.6 is 11.3 Å². The first-order valence-electron chi connectivity index (χ1n) is 5.65. The van der Waals surface area contributed by atoms with Crippen molar-refractivity contribution in [1.29, 1.82) is 0 Å². The highest BCUT2D eigenvalue weighted by atomic mass is 32.1. The molecule has 0 amide bonds. The summed E-state index contributed by atoms with van der Waals surface area (Å²) >= 11 is 0.857. The number of esters is 1. The van der Waals surface area contributed by atoms with Crippen LogP contribution < -0.4 is 4.74 Å². The Balaban J connectivity index is 2.52. The van der Waals surface area contributed by atoms with Crippen LogP contribution in [0.1, 0.15) is 15.2 Å². The fraction of sp³-hybridized carbons (Fsp3) is 0.250. The Hall–Kier alpha value is -2.23. The van der Waals surface area contributed by atoms with E-state index in [4.69, 9.17) is 0 Å². The van der Waals surface area contributed by atoms with E-state index in [-0.39, 0.29) is 15.6 Å². The molecule has 0 aromatic carbocycles. The molecular weight excluding hydrogens is 328 g/mol. The molecule has 5 nitrogen and oxygen atoms in total. The van der Waals surface area contributed by atoms with Crippen LogP contribution in [0.5, 0.6) is 5.88 Å². The number of methoxy groups -OCH3 is 2. The zero-order valence-corrected chi connectivity index (χ0v) is 12.0. The van der Waals surface area contributed by atoms with Gasteiger partial charge >= 0.3 is 12.1 Å². The summed E-state index contributed by atoms with van der Waals surface area (Å²) in [6, 6.07) is 2.75. The maximum absolute atomic E-state index is 13.7. The molecule has 10 heteroatoms. The molecule has 0 aliphatic heterocycles. The Morgan fingerprint density at radius 3 is 2.45 bits per heavy atom. The number of carbonyl (C=O) groups is 1. The smallest absolute Gasteiger partial charge is 0.426 e. The standard InChI is InChI=1S/C12H8F4N2O3S/c1-20-10-7(12(14,15)16)8(13)17-9(18-10)5-3-4-6(22-5)11(19)21-2/h3-4H,1-2H3. The fourth-order valence-corrected chi connectivity index (χ4v) is 2.44. The van der Waals surface area contributed by atoms with E-state index in [1.165, 1.54) is 19.2 Å². The van der Waals surface area contributed by atoms with Crippen LogP contribution in [-0.2, 0) is 10.9 Å². The van der Waals surface area contributed by atoms with Gasteiger partial charge in [0.15, 0.2) is 11.4 Å². The molecule has 0 N–H and O–H groups in total. The summed E-state index contributed by atoms with van der Waals surface area (Å²) in [7, 11) is 2.12. The van der Waals surface area contributed by atoms with Crippen molar-refractivity contribution in [3.63, 3.8) is 0 Å². The third-order valence-corrected chi connectivity index (χ3v) is 3.58. The first-order chi connectivity index (χ1) is 10.3. The lowest BCUT2D eigenvalue weighted by Crippen LogP contribution is -2.14. The summed E-state index contributed by atoms with van der Waals surface area (Å²) in [5.74, 6) is -3.62. The molecule has 0 aliphatic carbocycles. The van der Waals surface area contributed by atoms with Crippen LogP contribution in [0.3, 0.4) is 0 Å². The second-order valence-electron chi connectivity index (χ2n) is 3.88.